The summed E-state index contributed by atoms with van der Waals surface area (Å²) in [6.45, 7) is 3.46. The van der Waals surface area contributed by atoms with Gasteiger partial charge in [0, 0.05) is 11.6 Å². The molecule has 0 aliphatic heterocycles. The highest BCUT2D eigenvalue weighted by atomic mass is 35.5. The maximum Gasteiger partial charge on any atom is 0.278 e. The lowest BCUT2D eigenvalue weighted by Gasteiger charge is -2.18. The van der Waals surface area contributed by atoms with Crippen molar-refractivity contribution in [1.82, 2.24) is 4.72 Å². The number of sulfonamides is 1. The molecule has 1 atom stereocenters. The molecule has 194 valence electrons. The molecule has 37 heavy (non-hydrogen) atoms. The third-order valence-corrected chi connectivity index (χ3v) is 7.11. The number of anilines is 2. The lowest BCUT2D eigenvalue weighted by atomic mass is 10.1. The minimum atomic E-state index is -3.97. The van der Waals surface area contributed by atoms with E-state index in [2.05, 4.69) is 20.5 Å². The first-order valence-corrected chi connectivity index (χ1v) is 12.9. The molecule has 0 spiro atoms. The Bertz CT molecular complexity index is 1430. The number of nitrogens with zero attached hydrogens (tertiary/aromatic N) is 1. The van der Waals surface area contributed by atoms with E-state index in [9.17, 15) is 28.3 Å². The van der Waals surface area contributed by atoms with Gasteiger partial charge in [-0.3, -0.25) is 9.59 Å². The Morgan fingerprint density at radius 2 is 1.65 bits per heavy atom. The number of aromatic hydroxyl groups is 1. The van der Waals surface area contributed by atoms with Crippen LogP contribution in [0.15, 0.2) is 76.8 Å². The number of hydrogen-bond donors (Lipinski definition) is 5. The van der Waals surface area contributed by atoms with Crippen molar-refractivity contribution < 1.29 is 28.3 Å². The molecule has 1 unspecified atom stereocenters. The van der Waals surface area contributed by atoms with Gasteiger partial charge in [-0.1, -0.05) is 71.7 Å². The maximum atomic E-state index is 12.8. The highest BCUT2D eigenvalue weighted by Crippen LogP contribution is 2.34. The van der Waals surface area contributed by atoms with E-state index in [-0.39, 0.29) is 33.4 Å². The van der Waals surface area contributed by atoms with Crippen LogP contribution in [-0.2, 0) is 19.6 Å². The average molecular weight is 545 g/mol. The summed E-state index contributed by atoms with van der Waals surface area (Å²) in [7, 11) is -3.97. The molecule has 0 heterocycles. The lowest BCUT2D eigenvalue weighted by molar-refractivity contribution is -0.117. The molecule has 3 aromatic rings. The van der Waals surface area contributed by atoms with E-state index >= 15 is 0 Å². The Labute approximate surface area is 219 Å². The van der Waals surface area contributed by atoms with Crippen LogP contribution in [0.3, 0.4) is 0 Å². The molecule has 0 aliphatic rings. The van der Waals surface area contributed by atoms with Gasteiger partial charge >= 0.3 is 0 Å². The molecule has 0 saturated carbocycles. The van der Waals surface area contributed by atoms with Gasteiger partial charge in [0.05, 0.1) is 21.3 Å². The van der Waals surface area contributed by atoms with Crippen molar-refractivity contribution in [3.63, 3.8) is 0 Å². The second-order valence-electron chi connectivity index (χ2n) is 8.00. The molecule has 3 rings (SSSR count). The normalized spacial score (nSPS) is 12.6. The van der Waals surface area contributed by atoms with Crippen LogP contribution in [-0.4, -0.2) is 42.3 Å². The summed E-state index contributed by atoms with van der Waals surface area (Å²) < 4.78 is 27.8. The molecule has 0 saturated heterocycles. The van der Waals surface area contributed by atoms with Crippen LogP contribution >= 0.6 is 11.6 Å². The minimum absolute atomic E-state index is 0.00532. The van der Waals surface area contributed by atoms with Crippen molar-refractivity contribution in [1.29, 1.82) is 0 Å². The fourth-order valence-electron chi connectivity index (χ4n) is 3.28. The molecule has 0 aromatic heterocycles. The molecular formula is C25H25ClN4O6S. The highest BCUT2D eigenvalue weighted by Gasteiger charge is 2.25. The van der Waals surface area contributed by atoms with Crippen LogP contribution in [0.4, 0.5) is 11.4 Å². The van der Waals surface area contributed by atoms with E-state index < -0.39 is 33.6 Å². The van der Waals surface area contributed by atoms with Crippen LogP contribution in [0.25, 0.3) is 0 Å². The van der Waals surface area contributed by atoms with Gasteiger partial charge in [-0.15, -0.1) is 0 Å². The van der Waals surface area contributed by atoms with E-state index in [1.807, 2.05) is 6.92 Å². The van der Waals surface area contributed by atoms with Crippen molar-refractivity contribution in [3.8, 4) is 5.75 Å². The number of carbonyl (C=O) groups is 2. The van der Waals surface area contributed by atoms with E-state index in [0.29, 0.717) is 5.56 Å². The minimum Gasteiger partial charge on any atom is -0.506 e. The number of halogens is 1. The summed E-state index contributed by atoms with van der Waals surface area (Å²) in [5.74, 6) is -1.95. The van der Waals surface area contributed by atoms with Crippen molar-refractivity contribution in [2.24, 2.45) is 5.16 Å². The summed E-state index contributed by atoms with van der Waals surface area (Å²) >= 11 is 6.26. The first-order valence-electron chi connectivity index (χ1n) is 11.1. The zero-order valence-corrected chi connectivity index (χ0v) is 21.5. The number of nitrogens with one attached hydrogen (secondary N) is 3. The second-order valence-corrected chi connectivity index (χ2v) is 10.1. The number of phenols is 1. The third kappa shape index (κ3) is 6.85. The van der Waals surface area contributed by atoms with E-state index in [4.69, 9.17) is 11.6 Å². The molecule has 12 heteroatoms. The molecular weight excluding hydrogens is 520 g/mol. The molecule has 3 aromatic carbocycles. The number of amides is 2. The summed E-state index contributed by atoms with van der Waals surface area (Å²) in [5, 5.41) is 27.6. The van der Waals surface area contributed by atoms with Crippen molar-refractivity contribution in [2.45, 2.75) is 31.2 Å². The molecule has 0 bridgehead atoms. The van der Waals surface area contributed by atoms with Gasteiger partial charge < -0.3 is 20.9 Å². The third-order valence-electron chi connectivity index (χ3n) is 5.31. The van der Waals surface area contributed by atoms with Crippen molar-refractivity contribution in [3.05, 3.63) is 82.9 Å². The lowest BCUT2D eigenvalue weighted by Crippen LogP contribution is -2.43. The van der Waals surface area contributed by atoms with Gasteiger partial charge in [0.15, 0.2) is 5.71 Å². The number of hydrogen-bond acceptors (Lipinski definition) is 7. The Hall–Kier alpha value is -3.93. The summed E-state index contributed by atoms with van der Waals surface area (Å²) in [6.07, 6.45) is 0.136. The maximum absolute atomic E-state index is 12.8. The zero-order chi connectivity index (χ0) is 27.2. The van der Waals surface area contributed by atoms with Crippen LogP contribution in [0, 0.1) is 6.92 Å². The molecule has 2 amide bonds. The van der Waals surface area contributed by atoms with Gasteiger partial charge in [0.1, 0.15) is 11.8 Å². The van der Waals surface area contributed by atoms with Gasteiger partial charge in [-0.25, -0.2) is 8.42 Å². The Kier molecular flexibility index (Phi) is 8.87. The number of oxime groups is 1. The fraction of sp³-hybridized carbons (Fsp3) is 0.160. The van der Waals surface area contributed by atoms with Crippen LogP contribution in [0.2, 0.25) is 5.02 Å². The predicted molar refractivity (Wildman–Crippen MR) is 141 cm³/mol. The van der Waals surface area contributed by atoms with E-state index in [0.717, 1.165) is 11.6 Å². The van der Waals surface area contributed by atoms with Crippen LogP contribution < -0.4 is 15.4 Å². The molecule has 0 aliphatic carbocycles. The Morgan fingerprint density at radius 3 is 2.24 bits per heavy atom. The van der Waals surface area contributed by atoms with Crippen molar-refractivity contribution in [2.75, 3.05) is 10.6 Å². The molecule has 0 fully saturated rings. The highest BCUT2D eigenvalue weighted by molar-refractivity contribution is 7.89. The quantitative estimate of drug-likeness (QED) is 0.119. The average Bonchev–Trinajstić information content (AvgIpc) is 2.87. The largest absolute Gasteiger partial charge is 0.506 e. The number of rotatable bonds is 9. The van der Waals surface area contributed by atoms with Gasteiger partial charge in [0.25, 0.3) is 5.91 Å². The number of benzene rings is 3. The van der Waals surface area contributed by atoms with E-state index in [1.165, 1.54) is 18.2 Å². The van der Waals surface area contributed by atoms with E-state index in [1.54, 1.807) is 49.4 Å². The molecule has 0 radical (unpaired) electrons. The zero-order valence-electron chi connectivity index (χ0n) is 19.9. The van der Waals surface area contributed by atoms with Gasteiger partial charge in [0.2, 0.25) is 15.9 Å². The number of phenolic OH excluding ortho intramolecular Hbond substituents is 1. The fourth-order valence-corrected chi connectivity index (χ4v) is 4.77. The van der Waals surface area contributed by atoms with Gasteiger partial charge in [-0.2, -0.15) is 4.72 Å². The Balaban J connectivity index is 1.74. The van der Waals surface area contributed by atoms with Crippen LogP contribution in [0.1, 0.15) is 24.5 Å². The number of aryl methyl sites for hydroxylation is 1. The first-order chi connectivity index (χ1) is 17.6. The standard InChI is InChI=1S/C25H25ClN4O6S/c1-3-19(30-37(35,36)17-11-9-15(2)10-12-17)24(32)27-20-14-22(31)21(13-18(20)26)28-25(33)23(29-34)16-7-5-4-6-8-16/h4-14,19,30-31,34H,3H2,1-2H3,(H,27,32)(H,28,33)/b29-23+. The molecule has 10 nitrogen and oxygen atoms in total. The monoisotopic (exact) mass is 544 g/mol. The second kappa shape index (κ2) is 11.9. The first kappa shape index (κ1) is 27.7. The predicted octanol–water partition coefficient (Wildman–Crippen LogP) is 3.87. The Morgan fingerprint density at radius 1 is 1.00 bits per heavy atom. The van der Waals surface area contributed by atoms with Crippen LogP contribution in [0.5, 0.6) is 5.75 Å². The molecule has 5 N–H and O–H groups in total. The van der Waals surface area contributed by atoms with Gasteiger partial charge in [-0.05, 0) is 31.5 Å². The summed E-state index contributed by atoms with van der Waals surface area (Å²) in [5.41, 5.74) is 0.833. The van der Waals surface area contributed by atoms with Crippen molar-refractivity contribution >= 4 is 50.5 Å². The summed E-state index contributed by atoms with van der Waals surface area (Å²) in [6, 6.07) is 15.5. The number of carbonyl (C=O) groups excluding carboxylic acids is 2. The SMILES string of the molecule is CCC(NS(=O)(=O)c1ccc(C)cc1)C(=O)Nc1cc(O)c(NC(=O)/C(=N/O)c2ccccc2)cc1Cl. The topological polar surface area (TPSA) is 157 Å². The summed E-state index contributed by atoms with van der Waals surface area (Å²) in [4.78, 5) is 25.4. The smallest absolute Gasteiger partial charge is 0.278 e.